The van der Waals surface area contributed by atoms with Gasteiger partial charge in [-0.3, -0.25) is 0 Å². The Balaban J connectivity index is 2.68. The molecule has 0 radical (unpaired) electrons. The molecule has 21 heavy (non-hydrogen) atoms. The summed E-state index contributed by atoms with van der Waals surface area (Å²) in [5.74, 6) is 1.72. The fraction of sp³-hybridized carbons (Fsp3) is 0.667. The topological polar surface area (TPSA) is 38.0 Å². The maximum absolute atomic E-state index is 13.0. The van der Waals surface area contributed by atoms with Gasteiger partial charge in [0.15, 0.2) is 0 Å². The Labute approximate surface area is 129 Å². The van der Waals surface area contributed by atoms with Crippen LogP contribution >= 0.6 is 0 Å². The highest BCUT2D eigenvalue weighted by molar-refractivity contribution is 5.19. The van der Waals surface area contributed by atoms with Gasteiger partial charge in [0, 0.05) is 12.1 Å². The number of hydrogen-bond donors (Lipinski definition) is 2. The van der Waals surface area contributed by atoms with E-state index in [1.54, 1.807) is 0 Å². The summed E-state index contributed by atoms with van der Waals surface area (Å²) in [6, 6.07) is 6.70. The van der Waals surface area contributed by atoms with Crippen LogP contribution in [0.4, 0.5) is 4.39 Å². The molecule has 0 fully saturated rings. The van der Waals surface area contributed by atoms with E-state index < -0.39 is 0 Å². The van der Waals surface area contributed by atoms with Crippen LogP contribution in [-0.4, -0.2) is 18.6 Å². The van der Waals surface area contributed by atoms with Gasteiger partial charge in [-0.25, -0.2) is 4.39 Å². The van der Waals surface area contributed by atoms with Gasteiger partial charge in [-0.1, -0.05) is 39.8 Å². The van der Waals surface area contributed by atoms with E-state index in [0.29, 0.717) is 24.3 Å². The van der Waals surface area contributed by atoms with E-state index in [1.165, 1.54) is 12.1 Å². The van der Waals surface area contributed by atoms with Crippen molar-refractivity contribution in [2.45, 2.75) is 46.6 Å². The summed E-state index contributed by atoms with van der Waals surface area (Å²) in [4.78, 5) is 0. The number of nitrogens with one attached hydrogen (secondary N) is 1. The summed E-state index contributed by atoms with van der Waals surface area (Å²) < 4.78 is 13.0. The zero-order valence-corrected chi connectivity index (χ0v) is 14.1. The number of rotatable bonds is 8. The number of benzene rings is 1. The van der Waals surface area contributed by atoms with Crippen molar-refractivity contribution in [2.75, 3.05) is 13.1 Å². The van der Waals surface area contributed by atoms with Gasteiger partial charge in [0.1, 0.15) is 5.82 Å². The van der Waals surface area contributed by atoms with Gasteiger partial charge in [0.2, 0.25) is 0 Å². The average Bonchev–Trinajstić information content (AvgIpc) is 2.41. The molecule has 3 N–H and O–H groups in total. The van der Waals surface area contributed by atoms with Gasteiger partial charge in [0.05, 0.1) is 0 Å². The van der Waals surface area contributed by atoms with Gasteiger partial charge in [0.25, 0.3) is 0 Å². The van der Waals surface area contributed by atoms with Crippen molar-refractivity contribution < 1.29 is 4.39 Å². The van der Waals surface area contributed by atoms with Gasteiger partial charge in [-0.05, 0) is 55.3 Å². The third-order valence-electron chi connectivity index (χ3n) is 4.44. The van der Waals surface area contributed by atoms with Crippen LogP contribution in [0.2, 0.25) is 0 Å². The minimum Gasteiger partial charge on any atom is -0.329 e. The standard InChI is InChI=1S/C18H31FN2/c1-13(2)17(14(3)4)11-21-18(5,12-20)10-15-6-8-16(19)9-7-15/h6-9,13-14,17,21H,10-12,20H2,1-5H3. The Hall–Kier alpha value is -0.930. The summed E-state index contributed by atoms with van der Waals surface area (Å²) in [7, 11) is 0. The molecule has 0 aliphatic heterocycles. The van der Waals surface area contributed by atoms with Gasteiger partial charge >= 0.3 is 0 Å². The molecule has 0 bridgehead atoms. The van der Waals surface area contributed by atoms with Crippen molar-refractivity contribution in [1.29, 1.82) is 0 Å². The van der Waals surface area contributed by atoms with Crippen LogP contribution in [0.15, 0.2) is 24.3 Å². The summed E-state index contributed by atoms with van der Waals surface area (Å²) in [5.41, 5.74) is 6.95. The Morgan fingerprint density at radius 1 is 1.10 bits per heavy atom. The number of nitrogens with two attached hydrogens (primary N) is 1. The molecule has 2 nitrogen and oxygen atoms in total. The first kappa shape index (κ1) is 18.1. The van der Waals surface area contributed by atoms with Crippen LogP contribution in [0, 0.1) is 23.6 Å². The third-order valence-corrected chi connectivity index (χ3v) is 4.44. The first-order valence-corrected chi connectivity index (χ1v) is 7.97. The minimum absolute atomic E-state index is 0.153. The zero-order valence-electron chi connectivity index (χ0n) is 14.1. The van der Waals surface area contributed by atoms with Crippen molar-refractivity contribution in [2.24, 2.45) is 23.5 Å². The quantitative estimate of drug-likeness (QED) is 0.769. The molecule has 120 valence electrons. The second kappa shape index (κ2) is 7.90. The van der Waals surface area contributed by atoms with E-state index in [2.05, 4.69) is 39.9 Å². The lowest BCUT2D eigenvalue weighted by atomic mass is 9.84. The lowest BCUT2D eigenvalue weighted by Gasteiger charge is -2.34. The Morgan fingerprint density at radius 2 is 1.62 bits per heavy atom. The van der Waals surface area contributed by atoms with Gasteiger partial charge < -0.3 is 11.1 Å². The molecule has 0 saturated carbocycles. The molecule has 0 aromatic heterocycles. The molecule has 0 aliphatic carbocycles. The molecule has 0 heterocycles. The summed E-state index contributed by atoms with van der Waals surface area (Å²) >= 11 is 0. The molecular formula is C18H31FN2. The lowest BCUT2D eigenvalue weighted by Crippen LogP contribution is -2.52. The molecule has 0 amide bonds. The molecular weight excluding hydrogens is 263 g/mol. The number of halogens is 1. The van der Waals surface area contributed by atoms with Crippen molar-refractivity contribution in [3.05, 3.63) is 35.6 Å². The molecule has 3 heteroatoms. The monoisotopic (exact) mass is 294 g/mol. The maximum Gasteiger partial charge on any atom is 0.123 e. The van der Waals surface area contributed by atoms with Crippen molar-refractivity contribution in [3.63, 3.8) is 0 Å². The van der Waals surface area contributed by atoms with Crippen LogP contribution in [0.5, 0.6) is 0 Å². The van der Waals surface area contributed by atoms with Crippen LogP contribution in [0.1, 0.15) is 40.2 Å². The Morgan fingerprint density at radius 3 is 2.05 bits per heavy atom. The number of hydrogen-bond acceptors (Lipinski definition) is 2. The molecule has 1 aromatic carbocycles. The molecule has 0 aliphatic rings. The maximum atomic E-state index is 13.0. The second-order valence-corrected chi connectivity index (χ2v) is 7.10. The van der Waals surface area contributed by atoms with Gasteiger partial charge in [-0.2, -0.15) is 0 Å². The summed E-state index contributed by atoms with van der Waals surface area (Å²) in [6.07, 6.45) is 0.812. The summed E-state index contributed by atoms with van der Waals surface area (Å²) in [6.45, 7) is 12.8. The van der Waals surface area contributed by atoms with E-state index in [1.807, 2.05) is 12.1 Å². The third kappa shape index (κ3) is 5.76. The molecule has 1 aromatic rings. The van der Waals surface area contributed by atoms with Crippen LogP contribution in [-0.2, 0) is 6.42 Å². The largest absolute Gasteiger partial charge is 0.329 e. The fourth-order valence-corrected chi connectivity index (χ4v) is 2.87. The van der Waals surface area contributed by atoms with Crippen LogP contribution in [0.25, 0.3) is 0 Å². The highest BCUT2D eigenvalue weighted by Crippen LogP contribution is 2.21. The molecule has 1 rings (SSSR count). The first-order valence-electron chi connectivity index (χ1n) is 7.97. The minimum atomic E-state index is -0.194. The first-order chi connectivity index (χ1) is 9.77. The van der Waals surface area contributed by atoms with Crippen molar-refractivity contribution >= 4 is 0 Å². The normalized spacial score (nSPS) is 15.0. The molecule has 0 spiro atoms. The van der Waals surface area contributed by atoms with E-state index in [0.717, 1.165) is 18.5 Å². The van der Waals surface area contributed by atoms with Crippen molar-refractivity contribution in [1.82, 2.24) is 5.32 Å². The molecule has 1 atom stereocenters. The predicted octanol–water partition coefficient (Wildman–Crippen LogP) is 3.60. The summed E-state index contributed by atoms with van der Waals surface area (Å²) in [5, 5.41) is 3.65. The lowest BCUT2D eigenvalue weighted by molar-refractivity contribution is 0.238. The zero-order chi connectivity index (χ0) is 16.0. The molecule has 0 saturated heterocycles. The highest BCUT2D eigenvalue weighted by Gasteiger charge is 2.25. The van der Waals surface area contributed by atoms with Crippen molar-refractivity contribution in [3.8, 4) is 0 Å². The van der Waals surface area contributed by atoms with E-state index >= 15 is 0 Å². The van der Waals surface area contributed by atoms with E-state index in [9.17, 15) is 4.39 Å². The van der Waals surface area contributed by atoms with Gasteiger partial charge in [-0.15, -0.1) is 0 Å². The Kier molecular flexibility index (Phi) is 6.82. The highest BCUT2D eigenvalue weighted by atomic mass is 19.1. The Bertz CT molecular complexity index is 406. The smallest absolute Gasteiger partial charge is 0.123 e. The second-order valence-electron chi connectivity index (χ2n) is 7.10. The van der Waals surface area contributed by atoms with E-state index in [-0.39, 0.29) is 11.4 Å². The predicted molar refractivity (Wildman–Crippen MR) is 88.7 cm³/mol. The SMILES string of the molecule is CC(C)C(CNC(C)(CN)Cc1ccc(F)cc1)C(C)C. The van der Waals surface area contributed by atoms with Crippen LogP contribution in [0.3, 0.4) is 0 Å². The molecule has 1 unspecified atom stereocenters. The fourth-order valence-electron chi connectivity index (χ4n) is 2.87. The van der Waals surface area contributed by atoms with E-state index in [4.69, 9.17) is 5.73 Å². The van der Waals surface area contributed by atoms with Crippen LogP contribution < -0.4 is 11.1 Å². The average molecular weight is 294 g/mol.